The van der Waals surface area contributed by atoms with Crippen molar-refractivity contribution < 1.29 is 9.90 Å². The summed E-state index contributed by atoms with van der Waals surface area (Å²) in [4.78, 5) is 10.5. The van der Waals surface area contributed by atoms with Crippen molar-refractivity contribution in [1.29, 1.82) is 0 Å². The van der Waals surface area contributed by atoms with Crippen LogP contribution in [0.15, 0.2) is 42.5 Å². The number of aldehydes is 1. The summed E-state index contributed by atoms with van der Waals surface area (Å²) in [6.45, 7) is 0.151. The van der Waals surface area contributed by atoms with E-state index < -0.39 is 0 Å². The van der Waals surface area contributed by atoms with Crippen LogP contribution < -0.4 is 11.1 Å². The van der Waals surface area contributed by atoms with E-state index in [1.165, 1.54) is 0 Å². The molecule has 2 aromatic rings. The van der Waals surface area contributed by atoms with Crippen LogP contribution in [0.3, 0.4) is 0 Å². The maximum atomic E-state index is 10.5. The Morgan fingerprint density at radius 2 is 1.80 bits per heavy atom. The number of nitrogen functional groups attached to an aromatic ring is 1. The van der Waals surface area contributed by atoms with E-state index in [1.807, 2.05) is 36.4 Å². The van der Waals surface area contributed by atoms with E-state index in [0.29, 0.717) is 18.5 Å². The first kappa shape index (κ1) is 14.1. The predicted molar refractivity (Wildman–Crippen MR) is 81.1 cm³/mol. The largest absolute Gasteiger partial charge is 0.397 e. The van der Waals surface area contributed by atoms with Gasteiger partial charge in [-0.05, 0) is 41.8 Å². The second-order valence-corrected chi connectivity index (χ2v) is 4.59. The SMILES string of the molecule is Nc1cc(CC=O)ccc1Nc1ccc(CCO)cc1. The number of aliphatic hydroxyl groups excluding tert-OH is 1. The molecule has 0 aliphatic heterocycles. The molecule has 20 heavy (non-hydrogen) atoms. The summed E-state index contributed by atoms with van der Waals surface area (Å²) in [7, 11) is 0. The fourth-order valence-electron chi connectivity index (χ4n) is 1.99. The first-order valence-corrected chi connectivity index (χ1v) is 6.52. The van der Waals surface area contributed by atoms with E-state index in [4.69, 9.17) is 10.8 Å². The van der Waals surface area contributed by atoms with Gasteiger partial charge in [0.15, 0.2) is 0 Å². The Bertz CT molecular complexity index is 580. The summed E-state index contributed by atoms with van der Waals surface area (Å²) in [5.41, 5.74) is 10.3. The number of hydrogen-bond donors (Lipinski definition) is 3. The molecule has 0 radical (unpaired) electrons. The number of rotatable bonds is 6. The normalized spacial score (nSPS) is 10.2. The smallest absolute Gasteiger partial charge is 0.124 e. The molecule has 0 saturated heterocycles. The molecule has 2 rings (SSSR count). The number of anilines is 3. The van der Waals surface area contributed by atoms with Gasteiger partial charge in [0.1, 0.15) is 6.29 Å². The molecule has 0 fully saturated rings. The lowest BCUT2D eigenvalue weighted by atomic mass is 10.1. The first-order valence-electron chi connectivity index (χ1n) is 6.52. The highest BCUT2D eigenvalue weighted by Gasteiger charge is 2.02. The maximum Gasteiger partial charge on any atom is 0.124 e. The van der Waals surface area contributed by atoms with Crippen molar-refractivity contribution >= 4 is 23.3 Å². The monoisotopic (exact) mass is 270 g/mol. The number of carbonyl (C=O) groups excluding carboxylic acids is 1. The third-order valence-electron chi connectivity index (χ3n) is 3.07. The van der Waals surface area contributed by atoms with Crippen molar-refractivity contribution in [3.05, 3.63) is 53.6 Å². The summed E-state index contributed by atoms with van der Waals surface area (Å²) < 4.78 is 0. The number of nitrogens with two attached hydrogens (primary N) is 1. The van der Waals surface area contributed by atoms with Crippen molar-refractivity contribution in [2.45, 2.75) is 12.8 Å². The van der Waals surface area contributed by atoms with E-state index in [-0.39, 0.29) is 6.61 Å². The average molecular weight is 270 g/mol. The Labute approximate surface area is 118 Å². The van der Waals surface area contributed by atoms with Gasteiger partial charge in [-0.2, -0.15) is 0 Å². The Balaban J connectivity index is 2.11. The molecule has 0 heterocycles. The molecule has 104 valence electrons. The van der Waals surface area contributed by atoms with Gasteiger partial charge in [-0.1, -0.05) is 18.2 Å². The van der Waals surface area contributed by atoms with Crippen LogP contribution in [0.25, 0.3) is 0 Å². The topological polar surface area (TPSA) is 75.4 Å². The zero-order valence-electron chi connectivity index (χ0n) is 11.2. The highest BCUT2D eigenvalue weighted by Crippen LogP contribution is 2.24. The molecule has 4 heteroatoms. The molecule has 0 unspecified atom stereocenters. The highest BCUT2D eigenvalue weighted by molar-refractivity contribution is 5.74. The third kappa shape index (κ3) is 3.59. The summed E-state index contributed by atoms with van der Waals surface area (Å²) in [5, 5.41) is 12.1. The average Bonchev–Trinajstić information content (AvgIpc) is 2.44. The number of carbonyl (C=O) groups is 1. The number of benzene rings is 2. The van der Waals surface area contributed by atoms with Gasteiger partial charge in [0.2, 0.25) is 0 Å². The van der Waals surface area contributed by atoms with Crippen molar-refractivity contribution in [1.82, 2.24) is 0 Å². The second-order valence-electron chi connectivity index (χ2n) is 4.59. The fourth-order valence-corrected chi connectivity index (χ4v) is 1.99. The van der Waals surface area contributed by atoms with Crippen LogP contribution in [0.2, 0.25) is 0 Å². The fraction of sp³-hybridized carbons (Fsp3) is 0.188. The van der Waals surface area contributed by atoms with Gasteiger partial charge in [-0.3, -0.25) is 0 Å². The van der Waals surface area contributed by atoms with Gasteiger partial charge in [-0.25, -0.2) is 0 Å². The Morgan fingerprint density at radius 1 is 1.10 bits per heavy atom. The third-order valence-corrected chi connectivity index (χ3v) is 3.07. The van der Waals surface area contributed by atoms with Gasteiger partial charge in [-0.15, -0.1) is 0 Å². The minimum Gasteiger partial charge on any atom is -0.397 e. The Kier molecular flexibility index (Phi) is 4.74. The highest BCUT2D eigenvalue weighted by atomic mass is 16.2. The quantitative estimate of drug-likeness (QED) is 0.556. The van der Waals surface area contributed by atoms with Crippen molar-refractivity contribution in [2.24, 2.45) is 0 Å². The zero-order valence-corrected chi connectivity index (χ0v) is 11.2. The Hall–Kier alpha value is -2.33. The van der Waals surface area contributed by atoms with Gasteiger partial charge < -0.3 is 21.0 Å². The van der Waals surface area contributed by atoms with Crippen molar-refractivity contribution in [3.63, 3.8) is 0 Å². The van der Waals surface area contributed by atoms with Crippen LogP contribution in [0, 0.1) is 0 Å². The van der Waals surface area contributed by atoms with Gasteiger partial charge in [0.05, 0.1) is 11.4 Å². The summed E-state index contributed by atoms with van der Waals surface area (Å²) in [5.74, 6) is 0. The van der Waals surface area contributed by atoms with E-state index in [2.05, 4.69) is 5.32 Å². The molecular weight excluding hydrogens is 252 g/mol. The van der Waals surface area contributed by atoms with Gasteiger partial charge in [0, 0.05) is 18.7 Å². The lowest BCUT2D eigenvalue weighted by molar-refractivity contribution is -0.107. The molecule has 0 aromatic heterocycles. The Morgan fingerprint density at radius 3 is 2.40 bits per heavy atom. The molecule has 4 nitrogen and oxygen atoms in total. The number of aliphatic hydroxyl groups is 1. The summed E-state index contributed by atoms with van der Waals surface area (Å²) in [6, 6.07) is 13.4. The van der Waals surface area contributed by atoms with Gasteiger partial charge >= 0.3 is 0 Å². The molecule has 0 saturated carbocycles. The molecule has 0 spiro atoms. The predicted octanol–water partition coefficient (Wildman–Crippen LogP) is 2.29. The van der Waals surface area contributed by atoms with Crippen molar-refractivity contribution in [3.8, 4) is 0 Å². The van der Waals surface area contributed by atoms with E-state index in [0.717, 1.165) is 28.8 Å². The van der Waals surface area contributed by atoms with E-state index in [1.54, 1.807) is 6.07 Å². The molecular formula is C16H18N2O2. The van der Waals surface area contributed by atoms with Crippen LogP contribution in [-0.2, 0) is 17.6 Å². The maximum absolute atomic E-state index is 10.5. The minimum atomic E-state index is 0.151. The lowest BCUT2D eigenvalue weighted by Gasteiger charge is -2.11. The standard InChI is InChI=1S/C16H18N2O2/c17-15-11-13(8-10-20)3-6-16(15)18-14-4-1-12(2-5-14)7-9-19/h1-6,10-11,18-19H,7-9,17H2. The van der Waals surface area contributed by atoms with Crippen LogP contribution >= 0.6 is 0 Å². The molecule has 4 N–H and O–H groups in total. The first-order chi connectivity index (χ1) is 9.72. The van der Waals surface area contributed by atoms with Crippen LogP contribution in [0.5, 0.6) is 0 Å². The molecule has 0 atom stereocenters. The van der Waals surface area contributed by atoms with E-state index in [9.17, 15) is 4.79 Å². The van der Waals surface area contributed by atoms with Crippen LogP contribution in [0.4, 0.5) is 17.1 Å². The summed E-state index contributed by atoms with van der Waals surface area (Å²) >= 11 is 0. The molecule has 2 aromatic carbocycles. The van der Waals surface area contributed by atoms with Crippen LogP contribution in [0.1, 0.15) is 11.1 Å². The number of hydrogen-bond acceptors (Lipinski definition) is 4. The van der Waals surface area contributed by atoms with E-state index >= 15 is 0 Å². The zero-order chi connectivity index (χ0) is 14.4. The summed E-state index contributed by atoms with van der Waals surface area (Å²) in [6.07, 6.45) is 1.89. The van der Waals surface area contributed by atoms with Crippen molar-refractivity contribution in [2.75, 3.05) is 17.7 Å². The van der Waals surface area contributed by atoms with Gasteiger partial charge in [0.25, 0.3) is 0 Å². The van der Waals surface area contributed by atoms with Crippen LogP contribution in [-0.4, -0.2) is 18.0 Å². The molecule has 0 aliphatic carbocycles. The second kappa shape index (κ2) is 6.73. The lowest BCUT2D eigenvalue weighted by Crippen LogP contribution is -1.98. The molecule has 0 aliphatic rings. The molecule has 0 bridgehead atoms. The number of nitrogens with one attached hydrogen (secondary N) is 1. The minimum absolute atomic E-state index is 0.151. The molecule has 0 amide bonds.